The van der Waals surface area contributed by atoms with Crippen LogP contribution in [0.3, 0.4) is 0 Å². The fraction of sp³-hybridized carbons (Fsp3) is 0.0667. The van der Waals surface area contributed by atoms with E-state index in [2.05, 4.69) is 24.8 Å². The number of para-hydroxylation sites is 1. The van der Waals surface area contributed by atoms with E-state index in [1.807, 2.05) is 36.4 Å². The molecule has 0 aliphatic heterocycles. The van der Waals surface area contributed by atoms with E-state index in [-0.39, 0.29) is 0 Å². The SMILES string of the molecule is C=Cc1ccccc1Cc1ccccc1N. The quantitative estimate of drug-likeness (QED) is 0.769. The lowest BCUT2D eigenvalue weighted by molar-refractivity contribution is 1.19. The molecular weight excluding hydrogens is 194 g/mol. The van der Waals surface area contributed by atoms with Gasteiger partial charge in [0.1, 0.15) is 0 Å². The molecule has 2 aromatic rings. The van der Waals surface area contributed by atoms with Crippen LogP contribution in [-0.4, -0.2) is 0 Å². The number of anilines is 1. The Morgan fingerprint density at radius 2 is 1.56 bits per heavy atom. The first-order chi connectivity index (χ1) is 7.81. The molecule has 0 aliphatic rings. The van der Waals surface area contributed by atoms with Gasteiger partial charge < -0.3 is 5.73 Å². The molecular formula is C15H15N. The molecule has 0 aromatic heterocycles. The van der Waals surface area contributed by atoms with E-state index in [1.54, 1.807) is 0 Å². The average Bonchev–Trinajstić information content (AvgIpc) is 2.33. The van der Waals surface area contributed by atoms with Crippen LogP contribution in [0.4, 0.5) is 5.69 Å². The summed E-state index contributed by atoms with van der Waals surface area (Å²) in [6.07, 6.45) is 2.74. The van der Waals surface area contributed by atoms with Gasteiger partial charge in [0.25, 0.3) is 0 Å². The van der Waals surface area contributed by atoms with Crippen molar-refractivity contribution in [1.29, 1.82) is 0 Å². The molecule has 2 aromatic carbocycles. The second-order valence-electron chi connectivity index (χ2n) is 3.78. The lowest BCUT2D eigenvalue weighted by atomic mass is 9.99. The number of benzene rings is 2. The van der Waals surface area contributed by atoms with E-state index >= 15 is 0 Å². The van der Waals surface area contributed by atoms with E-state index in [9.17, 15) is 0 Å². The maximum atomic E-state index is 5.93. The molecule has 0 amide bonds. The Kier molecular flexibility index (Phi) is 3.06. The first kappa shape index (κ1) is 10.5. The monoisotopic (exact) mass is 209 g/mol. The van der Waals surface area contributed by atoms with Gasteiger partial charge in [-0.25, -0.2) is 0 Å². The van der Waals surface area contributed by atoms with Crippen molar-refractivity contribution in [3.05, 3.63) is 71.8 Å². The molecule has 0 fully saturated rings. The molecule has 1 nitrogen and oxygen atoms in total. The lowest BCUT2D eigenvalue weighted by Gasteiger charge is -2.08. The Hall–Kier alpha value is -2.02. The van der Waals surface area contributed by atoms with Gasteiger partial charge in [-0.3, -0.25) is 0 Å². The molecule has 0 aliphatic carbocycles. The minimum atomic E-state index is 0.848. The van der Waals surface area contributed by atoms with Crippen LogP contribution >= 0.6 is 0 Å². The summed E-state index contributed by atoms with van der Waals surface area (Å²) >= 11 is 0. The molecule has 0 heterocycles. The predicted octanol–water partition coefficient (Wildman–Crippen LogP) is 3.50. The molecule has 2 rings (SSSR count). The zero-order valence-electron chi connectivity index (χ0n) is 9.19. The van der Waals surface area contributed by atoms with Gasteiger partial charge in [0.15, 0.2) is 0 Å². The maximum absolute atomic E-state index is 5.93. The molecule has 80 valence electrons. The van der Waals surface area contributed by atoms with Crippen molar-refractivity contribution in [2.75, 3.05) is 5.73 Å². The van der Waals surface area contributed by atoms with Gasteiger partial charge in [-0.1, -0.05) is 55.1 Å². The van der Waals surface area contributed by atoms with E-state index in [0.29, 0.717) is 0 Å². The highest BCUT2D eigenvalue weighted by Gasteiger charge is 2.02. The van der Waals surface area contributed by atoms with Gasteiger partial charge in [-0.15, -0.1) is 0 Å². The Morgan fingerprint density at radius 3 is 2.25 bits per heavy atom. The third kappa shape index (κ3) is 2.14. The maximum Gasteiger partial charge on any atom is 0.0349 e. The summed E-state index contributed by atoms with van der Waals surface area (Å²) in [5, 5.41) is 0. The van der Waals surface area contributed by atoms with Crippen molar-refractivity contribution in [3.63, 3.8) is 0 Å². The molecule has 0 radical (unpaired) electrons. The van der Waals surface area contributed by atoms with Gasteiger partial charge in [0.2, 0.25) is 0 Å². The summed E-state index contributed by atoms with van der Waals surface area (Å²) in [7, 11) is 0. The number of hydrogen-bond acceptors (Lipinski definition) is 1. The van der Waals surface area contributed by atoms with Crippen molar-refractivity contribution in [2.24, 2.45) is 0 Å². The molecule has 0 atom stereocenters. The zero-order valence-corrected chi connectivity index (χ0v) is 9.19. The second kappa shape index (κ2) is 4.67. The molecule has 16 heavy (non-hydrogen) atoms. The standard InChI is InChI=1S/C15H15N/c1-2-12-7-3-4-8-13(12)11-14-9-5-6-10-15(14)16/h2-10H,1,11,16H2. The van der Waals surface area contributed by atoms with Crippen molar-refractivity contribution in [3.8, 4) is 0 Å². The fourth-order valence-electron chi connectivity index (χ4n) is 1.79. The van der Waals surface area contributed by atoms with Crippen LogP contribution in [0.25, 0.3) is 6.08 Å². The van der Waals surface area contributed by atoms with Crippen LogP contribution in [0, 0.1) is 0 Å². The molecule has 0 saturated carbocycles. The number of rotatable bonds is 3. The Labute approximate surface area is 96.2 Å². The molecule has 2 N–H and O–H groups in total. The summed E-state index contributed by atoms with van der Waals surface area (Å²) in [6.45, 7) is 3.82. The highest BCUT2D eigenvalue weighted by Crippen LogP contribution is 2.19. The van der Waals surface area contributed by atoms with Crippen molar-refractivity contribution in [2.45, 2.75) is 6.42 Å². The van der Waals surface area contributed by atoms with Crippen LogP contribution in [-0.2, 0) is 6.42 Å². The highest BCUT2D eigenvalue weighted by atomic mass is 14.6. The third-order valence-electron chi connectivity index (χ3n) is 2.71. The highest BCUT2D eigenvalue weighted by molar-refractivity contribution is 5.55. The number of nitrogen functional groups attached to an aromatic ring is 1. The lowest BCUT2D eigenvalue weighted by Crippen LogP contribution is -1.96. The Morgan fingerprint density at radius 1 is 0.938 bits per heavy atom. The van der Waals surface area contributed by atoms with E-state index in [4.69, 9.17) is 5.73 Å². The van der Waals surface area contributed by atoms with E-state index in [0.717, 1.165) is 17.7 Å². The van der Waals surface area contributed by atoms with Gasteiger partial charge >= 0.3 is 0 Å². The Balaban J connectivity index is 2.34. The minimum absolute atomic E-state index is 0.848. The first-order valence-corrected chi connectivity index (χ1v) is 5.35. The molecule has 0 spiro atoms. The Bertz CT molecular complexity index is 500. The largest absolute Gasteiger partial charge is 0.398 e. The third-order valence-corrected chi connectivity index (χ3v) is 2.71. The van der Waals surface area contributed by atoms with Crippen LogP contribution in [0.2, 0.25) is 0 Å². The van der Waals surface area contributed by atoms with Gasteiger partial charge in [0, 0.05) is 12.1 Å². The predicted molar refractivity (Wildman–Crippen MR) is 70.2 cm³/mol. The summed E-state index contributed by atoms with van der Waals surface area (Å²) in [5.74, 6) is 0. The first-order valence-electron chi connectivity index (χ1n) is 5.35. The van der Waals surface area contributed by atoms with E-state index in [1.165, 1.54) is 11.1 Å². The zero-order chi connectivity index (χ0) is 11.4. The summed E-state index contributed by atoms with van der Waals surface area (Å²) < 4.78 is 0. The van der Waals surface area contributed by atoms with Crippen LogP contribution in [0.5, 0.6) is 0 Å². The molecule has 1 heteroatoms. The van der Waals surface area contributed by atoms with Crippen molar-refractivity contribution >= 4 is 11.8 Å². The van der Waals surface area contributed by atoms with Crippen LogP contribution in [0.1, 0.15) is 16.7 Å². The molecule has 0 saturated heterocycles. The minimum Gasteiger partial charge on any atom is -0.398 e. The van der Waals surface area contributed by atoms with E-state index < -0.39 is 0 Å². The van der Waals surface area contributed by atoms with Crippen molar-refractivity contribution < 1.29 is 0 Å². The fourth-order valence-corrected chi connectivity index (χ4v) is 1.79. The molecule has 0 unspecified atom stereocenters. The second-order valence-corrected chi connectivity index (χ2v) is 3.78. The summed E-state index contributed by atoms with van der Waals surface area (Å²) in [4.78, 5) is 0. The van der Waals surface area contributed by atoms with Crippen molar-refractivity contribution in [1.82, 2.24) is 0 Å². The van der Waals surface area contributed by atoms with Gasteiger partial charge in [0.05, 0.1) is 0 Å². The average molecular weight is 209 g/mol. The van der Waals surface area contributed by atoms with Crippen LogP contribution in [0.15, 0.2) is 55.1 Å². The van der Waals surface area contributed by atoms with Crippen LogP contribution < -0.4 is 5.73 Å². The van der Waals surface area contributed by atoms with Gasteiger partial charge in [-0.05, 0) is 22.8 Å². The van der Waals surface area contributed by atoms with Gasteiger partial charge in [-0.2, -0.15) is 0 Å². The topological polar surface area (TPSA) is 26.0 Å². The number of nitrogens with two attached hydrogens (primary N) is 1. The number of hydrogen-bond donors (Lipinski definition) is 1. The molecule has 0 bridgehead atoms. The summed E-state index contributed by atoms with van der Waals surface area (Å²) in [6, 6.07) is 16.2. The summed E-state index contributed by atoms with van der Waals surface area (Å²) in [5.41, 5.74) is 10.4. The normalized spacial score (nSPS) is 10.0. The smallest absolute Gasteiger partial charge is 0.0349 e.